The van der Waals surface area contributed by atoms with Gasteiger partial charge in [-0.3, -0.25) is 4.79 Å². The van der Waals surface area contributed by atoms with Crippen molar-refractivity contribution in [2.45, 2.75) is 26.7 Å². The summed E-state index contributed by atoms with van der Waals surface area (Å²) in [5.41, 5.74) is 4.52. The van der Waals surface area contributed by atoms with E-state index in [9.17, 15) is 9.59 Å². The Bertz CT molecular complexity index is 990. The standard InChI is InChI=1S/C22H25N3O3/c1-15-4-6-17(7-5-15)8-11-21(26)23-12-13-28-22(27)18-9-10-20-19(14-18)24-16(2)25(20)3/h4-7,9-10,14H,8,11-13H2,1-3H3,(H,23,26). The summed E-state index contributed by atoms with van der Waals surface area (Å²) in [6.45, 7) is 4.38. The van der Waals surface area contributed by atoms with Crippen molar-refractivity contribution in [1.29, 1.82) is 0 Å². The molecule has 3 aromatic rings. The number of rotatable bonds is 7. The fraction of sp³-hybridized carbons (Fsp3) is 0.318. The van der Waals surface area contributed by atoms with E-state index in [1.54, 1.807) is 12.1 Å². The first-order valence-electron chi connectivity index (χ1n) is 9.36. The van der Waals surface area contributed by atoms with Gasteiger partial charge in [0.2, 0.25) is 5.91 Å². The molecule has 1 heterocycles. The summed E-state index contributed by atoms with van der Waals surface area (Å²) in [5, 5.41) is 2.78. The molecule has 0 saturated heterocycles. The molecule has 0 bridgehead atoms. The SMILES string of the molecule is Cc1ccc(CCC(=O)NCCOC(=O)c2ccc3c(c2)nc(C)n3C)cc1. The predicted octanol–water partition coefficient (Wildman–Crippen LogP) is 3.10. The minimum absolute atomic E-state index is 0.0537. The van der Waals surface area contributed by atoms with Gasteiger partial charge in [0, 0.05) is 13.5 Å². The topological polar surface area (TPSA) is 73.2 Å². The molecule has 3 rings (SSSR count). The van der Waals surface area contributed by atoms with E-state index in [4.69, 9.17) is 4.74 Å². The van der Waals surface area contributed by atoms with Crippen LogP contribution in [0.15, 0.2) is 42.5 Å². The van der Waals surface area contributed by atoms with Crippen molar-refractivity contribution in [3.8, 4) is 0 Å². The lowest BCUT2D eigenvalue weighted by molar-refractivity contribution is -0.121. The molecule has 0 unspecified atom stereocenters. The smallest absolute Gasteiger partial charge is 0.338 e. The number of aromatic nitrogens is 2. The van der Waals surface area contributed by atoms with Gasteiger partial charge in [-0.05, 0) is 44.0 Å². The first kappa shape index (κ1) is 19.6. The summed E-state index contributed by atoms with van der Waals surface area (Å²) in [7, 11) is 1.93. The van der Waals surface area contributed by atoms with Crippen molar-refractivity contribution in [1.82, 2.24) is 14.9 Å². The fourth-order valence-electron chi connectivity index (χ4n) is 2.97. The normalized spacial score (nSPS) is 10.8. The largest absolute Gasteiger partial charge is 0.460 e. The molecule has 28 heavy (non-hydrogen) atoms. The Hall–Kier alpha value is -3.15. The highest BCUT2D eigenvalue weighted by atomic mass is 16.5. The van der Waals surface area contributed by atoms with E-state index in [1.165, 1.54) is 5.56 Å². The van der Waals surface area contributed by atoms with E-state index in [1.807, 2.05) is 55.8 Å². The molecule has 0 atom stereocenters. The number of ether oxygens (including phenoxy) is 1. The van der Waals surface area contributed by atoms with Gasteiger partial charge < -0.3 is 14.6 Å². The Morgan fingerprint density at radius 2 is 1.86 bits per heavy atom. The van der Waals surface area contributed by atoms with Crippen LogP contribution in [0, 0.1) is 13.8 Å². The zero-order valence-electron chi connectivity index (χ0n) is 16.5. The van der Waals surface area contributed by atoms with Crippen molar-refractivity contribution in [3.05, 3.63) is 65.0 Å². The van der Waals surface area contributed by atoms with Crippen LogP contribution in [-0.2, 0) is 23.0 Å². The first-order chi connectivity index (χ1) is 13.4. The van der Waals surface area contributed by atoms with Crippen LogP contribution in [0.4, 0.5) is 0 Å². The quantitative estimate of drug-likeness (QED) is 0.506. The molecule has 0 saturated carbocycles. The maximum Gasteiger partial charge on any atom is 0.338 e. The fourth-order valence-corrected chi connectivity index (χ4v) is 2.97. The molecular weight excluding hydrogens is 354 g/mol. The molecule has 6 nitrogen and oxygen atoms in total. The zero-order chi connectivity index (χ0) is 20.1. The lowest BCUT2D eigenvalue weighted by atomic mass is 10.1. The van der Waals surface area contributed by atoms with Crippen LogP contribution in [0.3, 0.4) is 0 Å². The lowest BCUT2D eigenvalue weighted by Crippen LogP contribution is -2.28. The minimum atomic E-state index is -0.417. The second-order valence-corrected chi connectivity index (χ2v) is 6.89. The molecule has 1 N–H and O–H groups in total. The highest BCUT2D eigenvalue weighted by molar-refractivity contribution is 5.93. The number of hydrogen-bond donors (Lipinski definition) is 1. The van der Waals surface area contributed by atoms with Crippen LogP contribution in [0.1, 0.15) is 33.7 Å². The summed E-state index contributed by atoms with van der Waals surface area (Å²) in [6, 6.07) is 13.5. The number of imidazole rings is 1. The van der Waals surface area contributed by atoms with Gasteiger partial charge in [0.1, 0.15) is 12.4 Å². The van der Waals surface area contributed by atoms with E-state index < -0.39 is 5.97 Å². The summed E-state index contributed by atoms with van der Waals surface area (Å²) < 4.78 is 7.22. The first-order valence-corrected chi connectivity index (χ1v) is 9.36. The number of nitrogens with one attached hydrogen (secondary N) is 1. The van der Waals surface area contributed by atoms with Gasteiger partial charge in [0.15, 0.2) is 0 Å². The van der Waals surface area contributed by atoms with Crippen LogP contribution in [0.25, 0.3) is 11.0 Å². The lowest BCUT2D eigenvalue weighted by Gasteiger charge is -2.07. The Morgan fingerprint density at radius 1 is 1.11 bits per heavy atom. The third-order valence-electron chi connectivity index (χ3n) is 4.76. The number of fused-ring (bicyclic) bond motifs is 1. The number of carbonyl (C=O) groups excluding carboxylic acids is 2. The Balaban J connectivity index is 1.41. The van der Waals surface area contributed by atoms with E-state index in [0.29, 0.717) is 24.9 Å². The van der Waals surface area contributed by atoms with Gasteiger partial charge in [-0.2, -0.15) is 0 Å². The van der Waals surface area contributed by atoms with Crippen molar-refractivity contribution in [2.75, 3.05) is 13.2 Å². The Morgan fingerprint density at radius 3 is 2.61 bits per heavy atom. The number of amides is 1. The number of nitrogens with zero attached hydrogens (tertiary/aromatic N) is 2. The molecule has 1 aromatic heterocycles. The molecule has 1 amide bonds. The highest BCUT2D eigenvalue weighted by Crippen LogP contribution is 2.17. The van der Waals surface area contributed by atoms with Crippen LogP contribution in [-0.4, -0.2) is 34.6 Å². The number of esters is 1. The van der Waals surface area contributed by atoms with Crippen molar-refractivity contribution >= 4 is 22.9 Å². The van der Waals surface area contributed by atoms with Gasteiger partial charge in [0.25, 0.3) is 0 Å². The van der Waals surface area contributed by atoms with Gasteiger partial charge >= 0.3 is 5.97 Å². The van der Waals surface area contributed by atoms with Crippen LogP contribution >= 0.6 is 0 Å². The van der Waals surface area contributed by atoms with Gasteiger partial charge in [0.05, 0.1) is 23.1 Å². The summed E-state index contributed by atoms with van der Waals surface area (Å²) in [6.07, 6.45) is 1.10. The van der Waals surface area contributed by atoms with Crippen LogP contribution in [0.5, 0.6) is 0 Å². The molecule has 0 spiro atoms. The molecule has 0 aliphatic heterocycles. The molecule has 0 radical (unpaired) electrons. The number of benzene rings is 2. The molecule has 0 aliphatic rings. The molecule has 0 fully saturated rings. The highest BCUT2D eigenvalue weighted by Gasteiger charge is 2.11. The van der Waals surface area contributed by atoms with Gasteiger partial charge in [-0.15, -0.1) is 0 Å². The van der Waals surface area contributed by atoms with Crippen molar-refractivity contribution in [2.24, 2.45) is 7.05 Å². The second kappa shape index (κ2) is 8.69. The van der Waals surface area contributed by atoms with E-state index in [2.05, 4.69) is 10.3 Å². The average Bonchev–Trinajstić information content (AvgIpc) is 2.98. The predicted molar refractivity (Wildman–Crippen MR) is 108 cm³/mol. The molecule has 2 aromatic carbocycles. The van der Waals surface area contributed by atoms with E-state index in [0.717, 1.165) is 22.4 Å². The van der Waals surface area contributed by atoms with Gasteiger partial charge in [-0.1, -0.05) is 29.8 Å². The molecule has 0 aliphatic carbocycles. The van der Waals surface area contributed by atoms with E-state index in [-0.39, 0.29) is 12.5 Å². The van der Waals surface area contributed by atoms with Crippen LogP contribution in [0.2, 0.25) is 0 Å². The van der Waals surface area contributed by atoms with Crippen LogP contribution < -0.4 is 5.32 Å². The third kappa shape index (κ3) is 4.76. The molecule has 146 valence electrons. The van der Waals surface area contributed by atoms with Crippen molar-refractivity contribution in [3.63, 3.8) is 0 Å². The molecular formula is C22H25N3O3. The third-order valence-corrected chi connectivity index (χ3v) is 4.76. The summed E-state index contributed by atoms with van der Waals surface area (Å²) >= 11 is 0. The second-order valence-electron chi connectivity index (χ2n) is 6.89. The van der Waals surface area contributed by atoms with Crippen molar-refractivity contribution < 1.29 is 14.3 Å². The zero-order valence-corrected chi connectivity index (χ0v) is 16.5. The van der Waals surface area contributed by atoms with E-state index >= 15 is 0 Å². The number of hydrogen-bond acceptors (Lipinski definition) is 4. The Labute approximate surface area is 164 Å². The average molecular weight is 379 g/mol. The number of aryl methyl sites for hydroxylation is 4. The summed E-state index contributed by atoms with van der Waals surface area (Å²) in [4.78, 5) is 28.5. The van der Waals surface area contributed by atoms with Gasteiger partial charge in [-0.25, -0.2) is 9.78 Å². The Kier molecular flexibility index (Phi) is 6.09. The number of carbonyl (C=O) groups is 2. The molecule has 6 heteroatoms. The monoisotopic (exact) mass is 379 g/mol. The summed E-state index contributed by atoms with van der Waals surface area (Å²) in [5.74, 6) is 0.412. The minimum Gasteiger partial charge on any atom is -0.460 e. The maximum absolute atomic E-state index is 12.2. The maximum atomic E-state index is 12.2.